The van der Waals surface area contributed by atoms with E-state index in [1.54, 1.807) is 7.11 Å². The summed E-state index contributed by atoms with van der Waals surface area (Å²) in [5, 5.41) is 8.78. The van der Waals surface area contributed by atoms with E-state index in [1.807, 2.05) is 26.0 Å². The van der Waals surface area contributed by atoms with Crippen molar-refractivity contribution in [2.45, 2.75) is 13.8 Å². The number of hydrogen-bond donors (Lipinski definition) is 0. The van der Waals surface area contributed by atoms with Crippen molar-refractivity contribution in [3.8, 4) is 11.8 Å². The fourth-order valence-corrected chi connectivity index (χ4v) is 1.47. The Morgan fingerprint density at radius 1 is 1.20 bits per heavy atom. The Kier molecular flexibility index (Phi) is 4.14. The number of ether oxygens (including phenoxy) is 2. The van der Waals surface area contributed by atoms with Crippen LogP contribution in [0.1, 0.15) is 16.7 Å². The van der Waals surface area contributed by atoms with Gasteiger partial charge in [-0.15, -0.1) is 0 Å². The smallest absolute Gasteiger partial charge is 0.125 e. The van der Waals surface area contributed by atoms with Crippen LogP contribution in [0.15, 0.2) is 12.1 Å². The van der Waals surface area contributed by atoms with E-state index < -0.39 is 0 Å². The number of methoxy groups -OCH3 is 1. The highest BCUT2D eigenvalue weighted by Crippen LogP contribution is 2.24. The Balaban J connectivity index is 2.85. The average molecular weight is 205 g/mol. The molecule has 0 saturated carbocycles. The van der Waals surface area contributed by atoms with E-state index in [4.69, 9.17) is 14.7 Å². The molecule has 0 N–H and O–H groups in total. The van der Waals surface area contributed by atoms with Gasteiger partial charge in [-0.05, 0) is 37.1 Å². The molecule has 0 amide bonds. The number of benzene rings is 1. The molecule has 1 aromatic carbocycles. The Morgan fingerprint density at radius 3 is 2.27 bits per heavy atom. The molecular weight excluding hydrogens is 190 g/mol. The molecule has 0 aliphatic heterocycles. The highest BCUT2D eigenvalue weighted by Gasteiger charge is 2.05. The second kappa shape index (κ2) is 5.38. The molecule has 0 saturated heterocycles. The molecule has 0 radical (unpaired) electrons. The fraction of sp³-hybridized carbons (Fsp3) is 0.417. The van der Waals surface area contributed by atoms with E-state index in [9.17, 15) is 0 Å². The molecule has 0 aliphatic rings. The molecule has 0 spiro atoms. The predicted molar refractivity (Wildman–Crippen MR) is 58.0 cm³/mol. The van der Waals surface area contributed by atoms with E-state index in [-0.39, 0.29) is 0 Å². The van der Waals surface area contributed by atoms with Gasteiger partial charge in [0.2, 0.25) is 0 Å². The van der Waals surface area contributed by atoms with Crippen molar-refractivity contribution >= 4 is 0 Å². The van der Waals surface area contributed by atoms with Gasteiger partial charge in [-0.25, -0.2) is 0 Å². The third kappa shape index (κ3) is 2.97. The van der Waals surface area contributed by atoms with Crippen LogP contribution < -0.4 is 4.74 Å². The maximum absolute atomic E-state index is 8.78. The molecule has 3 heteroatoms. The molecule has 0 aliphatic carbocycles. The fourth-order valence-electron chi connectivity index (χ4n) is 1.47. The van der Waals surface area contributed by atoms with Gasteiger partial charge < -0.3 is 9.47 Å². The van der Waals surface area contributed by atoms with E-state index in [0.29, 0.717) is 18.8 Å². The highest BCUT2D eigenvalue weighted by molar-refractivity contribution is 5.47. The molecule has 0 fully saturated rings. The third-order valence-electron chi connectivity index (χ3n) is 2.12. The van der Waals surface area contributed by atoms with Gasteiger partial charge in [-0.3, -0.25) is 0 Å². The van der Waals surface area contributed by atoms with Crippen molar-refractivity contribution in [3.63, 3.8) is 0 Å². The first-order valence-corrected chi connectivity index (χ1v) is 4.82. The summed E-state index contributed by atoms with van der Waals surface area (Å²) in [5.41, 5.74) is 2.65. The third-order valence-corrected chi connectivity index (χ3v) is 2.12. The van der Waals surface area contributed by atoms with Gasteiger partial charge in [0, 0.05) is 7.11 Å². The van der Waals surface area contributed by atoms with Crippen molar-refractivity contribution in [3.05, 3.63) is 28.8 Å². The first-order valence-electron chi connectivity index (χ1n) is 4.82. The minimum atomic E-state index is 0.532. The summed E-state index contributed by atoms with van der Waals surface area (Å²) in [4.78, 5) is 0. The molecule has 0 aromatic heterocycles. The summed E-state index contributed by atoms with van der Waals surface area (Å²) >= 11 is 0. The van der Waals surface area contributed by atoms with Crippen LogP contribution in [-0.4, -0.2) is 20.3 Å². The zero-order chi connectivity index (χ0) is 11.3. The van der Waals surface area contributed by atoms with Crippen LogP contribution in [0, 0.1) is 25.2 Å². The van der Waals surface area contributed by atoms with Gasteiger partial charge in [0.1, 0.15) is 12.4 Å². The summed E-state index contributed by atoms with van der Waals surface area (Å²) in [6, 6.07) is 5.78. The lowest BCUT2D eigenvalue weighted by Crippen LogP contribution is -2.06. The first-order chi connectivity index (χ1) is 7.19. The molecule has 1 rings (SSSR count). The molecule has 0 unspecified atom stereocenters. The quantitative estimate of drug-likeness (QED) is 0.708. The van der Waals surface area contributed by atoms with Crippen LogP contribution >= 0.6 is 0 Å². The van der Waals surface area contributed by atoms with Crippen LogP contribution in [0.5, 0.6) is 5.75 Å². The normalized spacial score (nSPS) is 9.73. The van der Waals surface area contributed by atoms with Gasteiger partial charge in [-0.2, -0.15) is 5.26 Å². The Bertz CT molecular complexity index is 357. The van der Waals surface area contributed by atoms with Crippen molar-refractivity contribution in [2.75, 3.05) is 20.3 Å². The van der Waals surface area contributed by atoms with E-state index in [1.165, 1.54) is 0 Å². The van der Waals surface area contributed by atoms with E-state index in [2.05, 4.69) is 6.07 Å². The Morgan fingerprint density at radius 2 is 1.80 bits per heavy atom. The molecule has 0 atom stereocenters. The predicted octanol–water partition coefficient (Wildman–Crippen LogP) is 2.20. The lowest BCUT2D eigenvalue weighted by molar-refractivity contribution is 0.145. The lowest BCUT2D eigenvalue weighted by Gasteiger charge is -2.11. The second-order valence-corrected chi connectivity index (χ2v) is 3.39. The molecule has 0 bridgehead atoms. The lowest BCUT2D eigenvalue weighted by atomic mass is 10.1. The number of rotatable bonds is 4. The van der Waals surface area contributed by atoms with Crippen LogP contribution in [0.4, 0.5) is 0 Å². The Hall–Kier alpha value is -1.53. The number of nitrogens with zero attached hydrogens (tertiary/aromatic N) is 1. The van der Waals surface area contributed by atoms with Crippen molar-refractivity contribution < 1.29 is 9.47 Å². The number of nitriles is 1. The topological polar surface area (TPSA) is 42.2 Å². The minimum Gasteiger partial charge on any atom is -0.491 e. The van der Waals surface area contributed by atoms with Crippen LogP contribution in [0.2, 0.25) is 0 Å². The van der Waals surface area contributed by atoms with Crippen LogP contribution in [-0.2, 0) is 4.74 Å². The summed E-state index contributed by atoms with van der Waals surface area (Å²) in [6.45, 7) is 4.98. The van der Waals surface area contributed by atoms with Crippen LogP contribution in [0.3, 0.4) is 0 Å². The summed E-state index contributed by atoms with van der Waals surface area (Å²) in [6.07, 6.45) is 0. The molecule has 1 aromatic rings. The Labute approximate surface area is 90.2 Å². The van der Waals surface area contributed by atoms with Crippen LogP contribution in [0.25, 0.3) is 0 Å². The average Bonchev–Trinajstić information content (AvgIpc) is 2.22. The number of hydrogen-bond acceptors (Lipinski definition) is 3. The second-order valence-electron chi connectivity index (χ2n) is 3.39. The molecule has 0 heterocycles. The zero-order valence-electron chi connectivity index (χ0n) is 9.33. The SMILES string of the molecule is COCCOc1c(C)cc(C#N)cc1C. The first kappa shape index (κ1) is 11.5. The molecule has 80 valence electrons. The standard InChI is InChI=1S/C12H15NO2/c1-9-6-11(8-13)7-10(2)12(9)15-5-4-14-3/h6-7H,4-5H2,1-3H3. The summed E-state index contributed by atoms with van der Waals surface area (Å²) < 4.78 is 10.5. The maximum atomic E-state index is 8.78. The maximum Gasteiger partial charge on any atom is 0.125 e. The number of aryl methyl sites for hydroxylation is 2. The van der Waals surface area contributed by atoms with Gasteiger partial charge in [-0.1, -0.05) is 0 Å². The van der Waals surface area contributed by atoms with Gasteiger partial charge in [0.15, 0.2) is 0 Å². The van der Waals surface area contributed by atoms with E-state index >= 15 is 0 Å². The van der Waals surface area contributed by atoms with Gasteiger partial charge in [0.05, 0.1) is 18.2 Å². The zero-order valence-corrected chi connectivity index (χ0v) is 9.33. The van der Waals surface area contributed by atoms with Gasteiger partial charge in [0.25, 0.3) is 0 Å². The summed E-state index contributed by atoms with van der Waals surface area (Å²) in [7, 11) is 1.64. The largest absolute Gasteiger partial charge is 0.491 e. The minimum absolute atomic E-state index is 0.532. The van der Waals surface area contributed by atoms with Crippen molar-refractivity contribution in [2.24, 2.45) is 0 Å². The highest BCUT2D eigenvalue weighted by atomic mass is 16.5. The monoisotopic (exact) mass is 205 g/mol. The molecular formula is C12H15NO2. The molecule has 3 nitrogen and oxygen atoms in total. The molecule has 15 heavy (non-hydrogen) atoms. The van der Waals surface area contributed by atoms with Crippen molar-refractivity contribution in [1.29, 1.82) is 5.26 Å². The van der Waals surface area contributed by atoms with Gasteiger partial charge >= 0.3 is 0 Å². The summed E-state index contributed by atoms with van der Waals surface area (Å²) in [5.74, 6) is 0.853. The van der Waals surface area contributed by atoms with E-state index in [0.717, 1.165) is 16.9 Å². The van der Waals surface area contributed by atoms with Crippen molar-refractivity contribution in [1.82, 2.24) is 0 Å².